The van der Waals surface area contributed by atoms with Gasteiger partial charge < -0.3 is 5.32 Å². The normalized spacial score (nSPS) is 24.3. The minimum Gasteiger partial charge on any atom is -0.349 e. The maximum atomic E-state index is 12.5. The highest BCUT2D eigenvalue weighted by Crippen LogP contribution is 2.29. The molecular weight excluding hydrogens is 336 g/mol. The van der Waals surface area contributed by atoms with Crippen molar-refractivity contribution in [2.45, 2.75) is 57.9 Å². The topological polar surface area (TPSA) is 66.5 Å². The molecule has 3 atom stereocenters. The average molecular weight is 367 g/mol. The van der Waals surface area contributed by atoms with Gasteiger partial charge in [0.15, 0.2) is 0 Å². The Kier molecular flexibility index (Phi) is 6.63. The number of carbonyl (C=O) groups is 1. The van der Waals surface area contributed by atoms with E-state index in [1.54, 1.807) is 12.1 Å². The number of amides is 1. The summed E-state index contributed by atoms with van der Waals surface area (Å²) in [4.78, 5) is 12.7. The Hall–Kier alpha value is -1.40. The molecule has 0 aliphatic heterocycles. The van der Waals surface area contributed by atoms with E-state index in [2.05, 4.69) is 19.2 Å². The van der Waals surface area contributed by atoms with Crippen molar-refractivity contribution in [1.29, 1.82) is 0 Å². The molecule has 3 unspecified atom stereocenters. The van der Waals surface area contributed by atoms with Crippen LogP contribution in [0.15, 0.2) is 29.2 Å². The zero-order valence-electron chi connectivity index (χ0n) is 15.7. The smallest absolute Gasteiger partial charge is 0.251 e. The van der Waals surface area contributed by atoms with Crippen LogP contribution >= 0.6 is 0 Å². The van der Waals surface area contributed by atoms with Gasteiger partial charge in [-0.15, -0.1) is 0 Å². The highest BCUT2D eigenvalue weighted by atomic mass is 32.2. The van der Waals surface area contributed by atoms with E-state index >= 15 is 0 Å². The molecule has 1 aromatic carbocycles. The molecule has 0 saturated heterocycles. The van der Waals surface area contributed by atoms with Gasteiger partial charge in [0.1, 0.15) is 0 Å². The van der Waals surface area contributed by atoms with Gasteiger partial charge in [-0.1, -0.05) is 40.5 Å². The largest absolute Gasteiger partial charge is 0.349 e. The molecule has 1 N–H and O–H groups in total. The zero-order chi connectivity index (χ0) is 18.6. The molecule has 1 fully saturated rings. The van der Waals surface area contributed by atoms with Crippen LogP contribution in [0.3, 0.4) is 0 Å². The average Bonchev–Trinajstić information content (AvgIpc) is 2.60. The molecule has 2 rings (SSSR count). The first-order valence-corrected chi connectivity index (χ1v) is 10.7. The molecule has 0 spiro atoms. The maximum Gasteiger partial charge on any atom is 0.251 e. The van der Waals surface area contributed by atoms with Crippen LogP contribution in [0.5, 0.6) is 0 Å². The summed E-state index contributed by atoms with van der Waals surface area (Å²) in [5.41, 5.74) is 0.504. The maximum absolute atomic E-state index is 12.5. The number of hydrogen-bond donors (Lipinski definition) is 1. The molecule has 1 amide bonds. The first kappa shape index (κ1) is 19.9. The fraction of sp³-hybridized carbons (Fsp3) is 0.632. The first-order valence-electron chi connectivity index (χ1n) is 9.22. The molecule has 0 aromatic heterocycles. The fourth-order valence-electron chi connectivity index (χ4n) is 3.53. The lowest BCUT2D eigenvalue weighted by molar-refractivity contribution is 0.0891. The highest BCUT2D eigenvalue weighted by Gasteiger charge is 2.28. The Morgan fingerprint density at radius 3 is 2.28 bits per heavy atom. The summed E-state index contributed by atoms with van der Waals surface area (Å²) < 4.78 is 26.4. The third-order valence-electron chi connectivity index (χ3n) is 5.48. The van der Waals surface area contributed by atoms with Crippen LogP contribution in [0, 0.1) is 11.8 Å². The van der Waals surface area contributed by atoms with Crippen LogP contribution in [0.4, 0.5) is 0 Å². The lowest BCUT2D eigenvalue weighted by Crippen LogP contribution is -2.43. The van der Waals surface area contributed by atoms with E-state index in [1.807, 2.05) is 13.8 Å². The van der Waals surface area contributed by atoms with Crippen molar-refractivity contribution < 1.29 is 13.2 Å². The van der Waals surface area contributed by atoms with Crippen LogP contribution in [0.1, 0.15) is 57.3 Å². The summed E-state index contributed by atoms with van der Waals surface area (Å²) in [6, 6.07) is 6.44. The van der Waals surface area contributed by atoms with Gasteiger partial charge >= 0.3 is 0 Å². The van der Waals surface area contributed by atoms with Gasteiger partial charge in [0.2, 0.25) is 10.0 Å². The van der Waals surface area contributed by atoms with Gasteiger partial charge in [0.05, 0.1) is 4.90 Å². The minimum absolute atomic E-state index is 0.127. The Labute approximate surface area is 151 Å². The van der Waals surface area contributed by atoms with Crippen molar-refractivity contribution in [3.05, 3.63) is 29.8 Å². The number of nitrogens with zero attached hydrogens (tertiary/aromatic N) is 1. The quantitative estimate of drug-likeness (QED) is 0.840. The Morgan fingerprint density at radius 2 is 1.72 bits per heavy atom. The molecule has 25 heavy (non-hydrogen) atoms. The van der Waals surface area contributed by atoms with Gasteiger partial charge in [-0.25, -0.2) is 8.42 Å². The van der Waals surface area contributed by atoms with Gasteiger partial charge in [-0.3, -0.25) is 4.79 Å². The Bertz CT molecular complexity index is 681. The van der Waals surface area contributed by atoms with Gasteiger partial charge in [-0.05, 0) is 42.5 Å². The van der Waals surface area contributed by atoms with Crippen LogP contribution < -0.4 is 5.32 Å². The van der Waals surface area contributed by atoms with Crippen LogP contribution in [0.2, 0.25) is 0 Å². The van der Waals surface area contributed by atoms with Crippen molar-refractivity contribution in [2.75, 3.05) is 13.1 Å². The fourth-order valence-corrected chi connectivity index (χ4v) is 4.99. The molecule has 5 nitrogen and oxygen atoms in total. The van der Waals surface area contributed by atoms with Gasteiger partial charge in [0.25, 0.3) is 5.91 Å². The summed E-state index contributed by atoms with van der Waals surface area (Å²) in [5, 5.41) is 3.12. The standard InChI is InChI=1S/C19H30N2O3S/c1-5-21(6-2)25(23,24)17-12-10-16(11-13-17)19(22)20-18-9-7-8-14(3)15(18)4/h10-15,18H,5-9H2,1-4H3,(H,20,22). The molecule has 1 saturated carbocycles. The van der Waals surface area contributed by atoms with Crippen LogP contribution in [-0.4, -0.2) is 37.8 Å². The molecule has 1 aromatic rings. The minimum atomic E-state index is -3.49. The van der Waals surface area contributed by atoms with Crippen LogP contribution in [-0.2, 0) is 10.0 Å². The number of hydrogen-bond acceptors (Lipinski definition) is 3. The van der Waals surface area contributed by atoms with E-state index in [-0.39, 0.29) is 16.8 Å². The van der Waals surface area contributed by atoms with Gasteiger partial charge in [-0.2, -0.15) is 4.31 Å². The van der Waals surface area contributed by atoms with Crippen molar-refractivity contribution in [1.82, 2.24) is 9.62 Å². The highest BCUT2D eigenvalue weighted by molar-refractivity contribution is 7.89. The number of nitrogens with one attached hydrogen (secondary N) is 1. The second kappa shape index (κ2) is 8.32. The van der Waals surface area contributed by atoms with Gasteiger partial charge in [0, 0.05) is 24.7 Å². The third-order valence-corrected chi connectivity index (χ3v) is 7.55. The SMILES string of the molecule is CCN(CC)S(=O)(=O)c1ccc(C(=O)NC2CCCC(C)C2C)cc1. The lowest BCUT2D eigenvalue weighted by Gasteiger charge is -2.34. The monoisotopic (exact) mass is 366 g/mol. The molecule has 0 heterocycles. The number of carbonyl (C=O) groups excluding carboxylic acids is 1. The molecule has 140 valence electrons. The summed E-state index contributed by atoms with van der Waals surface area (Å²) in [5.74, 6) is 0.943. The molecule has 1 aliphatic carbocycles. The van der Waals surface area contributed by atoms with E-state index in [4.69, 9.17) is 0 Å². The van der Waals surface area contributed by atoms with Crippen molar-refractivity contribution >= 4 is 15.9 Å². The number of rotatable bonds is 6. The van der Waals surface area contributed by atoms with Crippen molar-refractivity contribution in [3.8, 4) is 0 Å². The van der Waals surface area contributed by atoms with Crippen molar-refractivity contribution in [3.63, 3.8) is 0 Å². The van der Waals surface area contributed by atoms with E-state index < -0.39 is 10.0 Å². The molecule has 6 heteroatoms. The zero-order valence-corrected chi connectivity index (χ0v) is 16.5. The number of sulfonamides is 1. The Balaban J connectivity index is 2.10. The van der Waals surface area contributed by atoms with E-state index in [9.17, 15) is 13.2 Å². The second-order valence-electron chi connectivity index (χ2n) is 6.96. The second-order valence-corrected chi connectivity index (χ2v) is 8.90. The molecule has 0 bridgehead atoms. The van der Waals surface area contributed by atoms with Crippen molar-refractivity contribution in [2.24, 2.45) is 11.8 Å². The Morgan fingerprint density at radius 1 is 1.12 bits per heavy atom. The first-order chi connectivity index (χ1) is 11.8. The van der Waals surface area contributed by atoms with E-state index in [0.717, 1.165) is 12.8 Å². The predicted molar refractivity (Wildman–Crippen MR) is 100.0 cm³/mol. The summed E-state index contributed by atoms with van der Waals surface area (Å²) >= 11 is 0. The molecule has 1 aliphatic rings. The summed E-state index contributed by atoms with van der Waals surface area (Å²) in [6.07, 6.45) is 3.36. The molecular formula is C19H30N2O3S. The number of benzene rings is 1. The van der Waals surface area contributed by atoms with Crippen LogP contribution in [0.25, 0.3) is 0 Å². The van der Waals surface area contributed by atoms with E-state index in [0.29, 0.717) is 30.5 Å². The molecule has 0 radical (unpaired) electrons. The van der Waals surface area contributed by atoms with E-state index in [1.165, 1.54) is 22.9 Å². The predicted octanol–water partition coefficient (Wildman–Crippen LogP) is 3.27. The third kappa shape index (κ3) is 4.42. The summed E-state index contributed by atoms with van der Waals surface area (Å²) in [6.45, 7) is 8.91. The summed E-state index contributed by atoms with van der Waals surface area (Å²) in [7, 11) is -3.49. The lowest BCUT2D eigenvalue weighted by atomic mass is 9.78.